The zero-order valence-electron chi connectivity index (χ0n) is 10.8. The Kier molecular flexibility index (Phi) is 5.67. The number of carbonyl (C=O) groups excluding carboxylic acids is 2. The predicted octanol–water partition coefficient (Wildman–Crippen LogP) is -0.479. The summed E-state index contributed by atoms with van der Waals surface area (Å²) in [5.74, 6) is -2.48. The van der Waals surface area contributed by atoms with Crippen molar-refractivity contribution in [1.29, 1.82) is 0 Å². The third kappa shape index (κ3) is 4.69. The van der Waals surface area contributed by atoms with Gasteiger partial charge in [-0.1, -0.05) is 30.3 Å². The summed E-state index contributed by atoms with van der Waals surface area (Å²) in [5, 5.41) is 11.3. The van der Waals surface area contributed by atoms with E-state index in [4.69, 9.17) is 16.6 Å². The summed E-state index contributed by atoms with van der Waals surface area (Å²) < 4.78 is 0. The van der Waals surface area contributed by atoms with Crippen LogP contribution in [0.25, 0.3) is 0 Å². The van der Waals surface area contributed by atoms with Crippen LogP contribution in [0.15, 0.2) is 30.3 Å². The van der Waals surface area contributed by atoms with Gasteiger partial charge in [-0.2, -0.15) is 0 Å². The number of nitrogens with two attached hydrogens (primary N) is 2. The molecule has 7 nitrogen and oxygen atoms in total. The van der Waals surface area contributed by atoms with Crippen molar-refractivity contribution in [3.05, 3.63) is 35.9 Å². The van der Waals surface area contributed by atoms with Crippen molar-refractivity contribution < 1.29 is 19.5 Å². The fraction of sp³-hybridized carbons (Fsp3) is 0.308. The van der Waals surface area contributed by atoms with Gasteiger partial charge >= 0.3 is 5.97 Å². The predicted molar refractivity (Wildman–Crippen MR) is 71.4 cm³/mol. The molecule has 0 saturated carbocycles. The van der Waals surface area contributed by atoms with Crippen molar-refractivity contribution in [2.75, 3.05) is 0 Å². The molecule has 1 aromatic rings. The van der Waals surface area contributed by atoms with Crippen LogP contribution < -0.4 is 16.8 Å². The van der Waals surface area contributed by atoms with Crippen molar-refractivity contribution in [2.45, 2.75) is 24.9 Å². The SMILES string of the molecule is NC(=O)CC[C@H](NC(=O)[C@@H](N)c1ccccc1)C(=O)O. The van der Waals surface area contributed by atoms with Gasteiger partial charge in [-0.05, 0) is 12.0 Å². The normalized spacial score (nSPS) is 13.2. The first-order valence-electron chi connectivity index (χ1n) is 6.04. The third-order valence-electron chi connectivity index (χ3n) is 2.74. The topological polar surface area (TPSA) is 136 Å². The highest BCUT2D eigenvalue weighted by Crippen LogP contribution is 2.10. The van der Waals surface area contributed by atoms with Crippen molar-refractivity contribution in [3.63, 3.8) is 0 Å². The first-order valence-corrected chi connectivity index (χ1v) is 6.04. The van der Waals surface area contributed by atoms with E-state index in [1.54, 1.807) is 30.3 Å². The number of carbonyl (C=O) groups is 3. The molecule has 20 heavy (non-hydrogen) atoms. The molecular weight excluding hydrogens is 262 g/mol. The van der Waals surface area contributed by atoms with Crippen molar-refractivity contribution in [3.8, 4) is 0 Å². The number of hydrogen-bond donors (Lipinski definition) is 4. The van der Waals surface area contributed by atoms with Crippen LogP contribution in [-0.2, 0) is 14.4 Å². The number of primary amides is 1. The Morgan fingerprint density at radius 2 is 1.80 bits per heavy atom. The molecule has 108 valence electrons. The van der Waals surface area contributed by atoms with Gasteiger partial charge in [0.2, 0.25) is 11.8 Å². The molecule has 2 amide bonds. The lowest BCUT2D eigenvalue weighted by Crippen LogP contribution is -2.45. The summed E-state index contributed by atoms with van der Waals surface area (Å²) >= 11 is 0. The van der Waals surface area contributed by atoms with E-state index in [0.717, 1.165) is 0 Å². The number of hydrogen-bond acceptors (Lipinski definition) is 4. The summed E-state index contributed by atoms with van der Waals surface area (Å²) in [6.45, 7) is 0. The number of carboxylic acids is 1. The standard InChI is InChI=1S/C13H17N3O4/c14-10(17)7-6-9(13(19)20)16-12(18)11(15)8-4-2-1-3-5-8/h1-5,9,11H,6-7,15H2,(H2,14,17)(H,16,18)(H,19,20)/t9-,11-/m0/s1. The van der Waals surface area contributed by atoms with Gasteiger partial charge in [-0.3, -0.25) is 9.59 Å². The molecule has 0 aliphatic carbocycles. The molecule has 0 aromatic heterocycles. The van der Waals surface area contributed by atoms with Crippen LogP contribution in [0.4, 0.5) is 0 Å². The lowest BCUT2D eigenvalue weighted by Gasteiger charge is -2.17. The highest BCUT2D eigenvalue weighted by Gasteiger charge is 2.24. The van der Waals surface area contributed by atoms with E-state index in [1.807, 2.05) is 0 Å². The Morgan fingerprint density at radius 1 is 1.20 bits per heavy atom. The third-order valence-corrected chi connectivity index (χ3v) is 2.74. The molecule has 0 radical (unpaired) electrons. The smallest absolute Gasteiger partial charge is 0.326 e. The second kappa shape index (κ2) is 7.25. The van der Waals surface area contributed by atoms with Gasteiger partial charge in [0.25, 0.3) is 0 Å². The van der Waals surface area contributed by atoms with Crippen LogP contribution in [0.1, 0.15) is 24.4 Å². The van der Waals surface area contributed by atoms with Gasteiger partial charge in [0.1, 0.15) is 12.1 Å². The largest absolute Gasteiger partial charge is 0.480 e. The van der Waals surface area contributed by atoms with Crippen LogP contribution in [0.5, 0.6) is 0 Å². The highest BCUT2D eigenvalue weighted by atomic mass is 16.4. The monoisotopic (exact) mass is 279 g/mol. The Labute approximate surface area is 115 Å². The number of carboxylic acid groups (broad SMARTS) is 1. The summed E-state index contributed by atoms with van der Waals surface area (Å²) in [6.07, 6.45) is -0.199. The first kappa shape index (κ1) is 15.6. The fourth-order valence-corrected chi connectivity index (χ4v) is 1.62. The second-order valence-electron chi connectivity index (χ2n) is 4.29. The summed E-state index contributed by atoms with van der Waals surface area (Å²) in [4.78, 5) is 33.5. The summed E-state index contributed by atoms with van der Waals surface area (Å²) in [7, 11) is 0. The average molecular weight is 279 g/mol. The Balaban J connectivity index is 2.66. The molecule has 7 heteroatoms. The van der Waals surface area contributed by atoms with E-state index >= 15 is 0 Å². The minimum absolute atomic E-state index is 0.0715. The van der Waals surface area contributed by atoms with Crippen LogP contribution in [0, 0.1) is 0 Å². The van der Waals surface area contributed by atoms with E-state index in [-0.39, 0.29) is 12.8 Å². The number of nitrogens with one attached hydrogen (secondary N) is 1. The summed E-state index contributed by atoms with van der Waals surface area (Å²) in [6, 6.07) is 6.42. The quantitative estimate of drug-likeness (QED) is 0.534. The molecule has 1 rings (SSSR count). The van der Waals surface area contributed by atoms with E-state index < -0.39 is 29.9 Å². The highest BCUT2D eigenvalue weighted by molar-refractivity contribution is 5.88. The summed E-state index contributed by atoms with van der Waals surface area (Å²) in [5.41, 5.74) is 11.3. The van der Waals surface area contributed by atoms with Gasteiger partial charge in [-0.25, -0.2) is 4.79 Å². The molecule has 0 unspecified atom stereocenters. The van der Waals surface area contributed by atoms with Gasteiger partial charge in [0.15, 0.2) is 0 Å². The molecular formula is C13H17N3O4. The molecule has 0 bridgehead atoms. The molecule has 0 saturated heterocycles. The minimum atomic E-state index is -1.24. The van der Waals surface area contributed by atoms with Crippen LogP contribution in [0.2, 0.25) is 0 Å². The van der Waals surface area contributed by atoms with Gasteiger partial charge in [-0.15, -0.1) is 0 Å². The maximum atomic E-state index is 11.9. The molecule has 0 aliphatic heterocycles. The Morgan fingerprint density at radius 3 is 2.30 bits per heavy atom. The number of benzene rings is 1. The van der Waals surface area contributed by atoms with Crippen LogP contribution in [0.3, 0.4) is 0 Å². The lowest BCUT2D eigenvalue weighted by atomic mass is 10.1. The molecule has 1 aromatic carbocycles. The Bertz CT molecular complexity index is 490. The molecule has 6 N–H and O–H groups in total. The average Bonchev–Trinajstić information content (AvgIpc) is 2.42. The first-order chi connectivity index (χ1) is 9.41. The molecule has 0 spiro atoms. The lowest BCUT2D eigenvalue weighted by molar-refractivity contribution is -0.142. The zero-order valence-corrected chi connectivity index (χ0v) is 10.8. The minimum Gasteiger partial charge on any atom is -0.480 e. The number of aliphatic carboxylic acids is 1. The fourth-order valence-electron chi connectivity index (χ4n) is 1.62. The van der Waals surface area contributed by atoms with Crippen molar-refractivity contribution in [1.82, 2.24) is 5.32 Å². The Hall–Kier alpha value is -2.41. The molecule has 0 fully saturated rings. The van der Waals surface area contributed by atoms with Gasteiger partial charge in [0.05, 0.1) is 0 Å². The van der Waals surface area contributed by atoms with E-state index in [1.165, 1.54) is 0 Å². The van der Waals surface area contributed by atoms with E-state index in [2.05, 4.69) is 5.32 Å². The van der Waals surface area contributed by atoms with Crippen molar-refractivity contribution in [2.24, 2.45) is 11.5 Å². The van der Waals surface area contributed by atoms with Crippen LogP contribution in [-0.4, -0.2) is 28.9 Å². The van der Waals surface area contributed by atoms with Gasteiger partial charge < -0.3 is 21.9 Å². The van der Waals surface area contributed by atoms with Crippen LogP contribution >= 0.6 is 0 Å². The maximum absolute atomic E-state index is 11.9. The van der Waals surface area contributed by atoms with Gasteiger partial charge in [0, 0.05) is 6.42 Å². The van der Waals surface area contributed by atoms with Crippen molar-refractivity contribution >= 4 is 17.8 Å². The molecule has 0 heterocycles. The van der Waals surface area contributed by atoms with E-state index in [0.29, 0.717) is 5.56 Å². The second-order valence-corrected chi connectivity index (χ2v) is 4.29. The zero-order chi connectivity index (χ0) is 15.1. The maximum Gasteiger partial charge on any atom is 0.326 e. The molecule has 2 atom stereocenters. The van der Waals surface area contributed by atoms with E-state index in [9.17, 15) is 14.4 Å². The number of rotatable bonds is 7. The molecule has 0 aliphatic rings. The number of amides is 2.